The van der Waals surface area contributed by atoms with E-state index in [4.69, 9.17) is 5.73 Å². The molecule has 0 spiro atoms. The van der Waals surface area contributed by atoms with E-state index in [9.17, 15) is 13.2 Å². The molecule has 1 saturated heterocycles. The highest BCUT2D eigenvalue weighted by atomic mass is 35.5. The number of rotatable bonds is 2. The summed E-state index contributed by atoms with van der Waals surface area (Å²) in [7, 11) is 0. The quantitative estimate of drug-likeness (QED) is 0.896. The molecule has 2 aliphatic rings. The number of halogens is 5. The van der Waals surface area contributed by atoms with E-state index >= 15 is 0 Å². The normalized spacial score (nSPS) is 25.2. The molecular weight excluding hydrogens is 326 g/mol. The van der Waals surface area contributed by atoms with Crippen molar-refractivity contribution >= 4 is 30.6 Å². The highest BCUT2D eigenvalue weighted by Crippen LogP contribution is 2.43. The first-order valence-corrected chi connectivity index (χ1v) is 6.49. The molecule has 21 heavy (non-hydrogen) atoms. The summed E-state index contributed by atoms with van der Waals surface area (Å²) in [6.07, 6.45) is -0.660. The minimum absolute atomic E-state index is 0. The van der Waals surface area contributed by atoms with Gasteiger partial charge in [-0.15, -0.1) is 24.8 Å². The summed E-state index contributed by atoms with van der Waals surface area (Å²) in [5.41, 5.74) is 5.39. The van der Waals surface area contributed by atoms with Crippen LogP contribution in [0.5, 0.6) is 0 Å². The number of nitrogens with zero attached hydrogens (tertiary/aromatic N) is 2. The molecule has 2 N–H and O–H groups in total. The van der Waals surface area contributed by atoms with E-state index in [-0.39, 0.29) is 36.7 Å². The van der Waals surface area contributed by atoms with Gasteiger partial charge in [0.25, 0.3) is 0 Å². The first-order chi connectivity index (χ1) is 8.97. The molecule has 2 heterocycles. The van der Waals surface area contributed by atoms with Gasteiger partial charge in [-0.1, -0.05) is 0 Å². The molecule has 0 radical (unpaired) electrons. The van der Waals surface area contributed by atoms with Crippen LogP contribution < -0.4 is 10.6 Å². The van der Waals surface area contributed by atoms with Crippen LogP contribution in [0.2, 0.25) is 0 Å². The lowest BCUT2D eigenvalue weighted by Gasteiger charge is -2.21. The zero-order valence-electron chi connectivity index (χ0n) is 11.2. The van der Waals surface area contributed by atoms with Crippen LogP contribution in [0.4, 0.5) is 19.0 Å². The molecule has 2 fully saturated rings. The predicted molar refractivity (Wildman–Crippen MR) is 80.1 cm³/mol. The molecule has 8 heteroatoms. The SMILES string of the molecule is Cl.Cl.N[C@H]1CN(c2ncccc2C(F)(F)F)C[C@@H]1C1CC1. The topological polar surface area (TPSA) is 42.1 Å². The number of anilines is 1. The van der Waals surface area contributed by atoms with E-state index in [1.807, 2.05) is 0 Å². The maximum atomic E-state index is 13.0. The van der Waals surface area contributed by atoms with E-state index in [0.29, 0.717) is 24.9 Å². The molecule has 2 atom stereocenters. The largest absolute Gasteiger partial charge is 0.419 e. The molecule has 1 aromatic rings. The van der Waals surface area contributed by atoms with Gasteiger partial charge in [0.2, 0.25) is 0 Å². The molecule has 3 rings (SSSR count). The van der Waals surface area contributed by atoms with Crippen molar-refractivity contribution in [1.82, 2.24) is 4.98 Å². The molecule has 0 unspecified atom stereocenters. The van der Waals surface area contributed by atoms with Crippen LogP contribution in [-0.2, 0) is 6.18 Å². The van der Waals surface area contributed by atoms with Gasteiger partial charge in [-0.3, -0.25) is 0 Å². The van der Waals surface area contributed by atoms with Gasteiger partial charge in [0.05, 0.1) is 5.56 Å². The lowest BCUT2D eigenvalue weighted by atomic mass is 9.99. The molecule has 0 amide bonds. The molecular formula is C13H18Cl2F3N3. The Morgan fingerprint density at radius 3 is 2.43 bits per heavy atom. The van der Waals surface area contributed by atoms with Gasteiger partial charge in [0.15, 0.2) is 0 Å². The lowest BCUT2D eigenvalue weighted by molar-refractivity contribution is -0.137. The van der Waals surface area contributed by atoms with Gasteiger partial charge in [-0.05, 0) is 36.8 Å². The predicted octanol–water partition coefficient (Wildman–Crippen LogP) is 3.12. The number of nitrogens with two attached hydrogens (primary N) is 1. The summed E-state index contributed by atoms with van der Waals surface area (Å²) in [6, 6.07) is 2.36. The average molecular weight is 344 g/mol. The summed E-state index contributed by atoms with van der Waals surface area (Å²) in [5.74, 6) is 0.926. The summed E-state index contributed by atoms with van der Waals surface area (Å²) < 4.78 is 38.9. The summed E-state index contributed by atoms with van der Waals surface area (Å²) in [6.45, 7) is 1.05. The molecule has 1 aromatic heterocycles. The van der Waals surface area contributed by atoms with Gasteiger partial charge in [0, 0.05) is 25.3 Å². The zero-order chi connectivity index (χ0) is 13.6. The van der Waals surface area contributed by atoms with Crippen molar-refractivity contribution < 1.29 is 13.2 Å². The maximum Gasteiger partial charge on any atom is 0.419 e. The molecule has 1 saturated carbocycles. The van der Waals surface area contributed by atoms with E-state index in [1.165, 1.54) is 12.3 Å². The minimum Gasteiger partial charge on any atom is -0.354 e. The van der Waals surface area contributed by atoms with Crippen molar-refractivity contribution in [3.05, 3.63) is 23.9 Å². The fourth-order valence-electron chi connectivity index (χ4n) is 2.92. The summed E-state index contributed by atoms with van der Waals surface area (Å²) >= 11 is 0. The second kappa shape index (κ2) is 6.58. The molecule has 1 aliphatic carbocycles. The highest BCUT2D eigenvalue weighted by molar-refractivity contribution is 5.85. The summed E-state index contributed by atoms with van der Waals surface area (Å²) in [4.78, 5) is 5.62. The first kappa shape index (κ1) is 18.3. The molecule has 120 valence electrons. The van der Waals surface area contributed by atoms with Crippen molar-refractivity contribution in [2.24, 2.45) is 17.6 Å². The Hall–Kier alpha value is -0.720. The van der Waals surface area contributed by atoms with E-state index in [2.05, 4.69) is 4.98 Å². The number of hydrogen-bond donors (Lipinski definition) is 1. The fraction of sp³-hybridized carbons (Fsp3) is 0.615. The van der Waals surface area contributed by atoms with Gasteiger partial charge in [-0.2, -0.15) is 13.2 Å². The van der Waals surface area contributed by atoms with Gasteiger partial charge < -0.3 is 10.6 Å². The van der Waals surface area contributed by atoms with Crippen molar-refractivity contribution in [1.29, 1.82) is 0 Å². The van der Waals surface area contributed by atoms with Crippen molar-refractivity contribution in [2.45, 2.75) is 25.1 Å². The third kappa shape index (κ3) is 3.73. The van der Waals surface area contributed by atoms with E-state index in [1.54, 1.807) is 4.90 Å². The number of aromatic nitrogens is 1. The van der Waals surface area contributed by atoms with Crippen LogP contribution in [0.3, 0.4) is 0 Å². The standard InChI is InChI=1S/C13H16F3N3.2ClH/c14-13(15,16)10-2-1-5-18-12(10)19-6-9(8-3-4-8)11(17)7-19;;/h1-2,5,8-9,11H,3-4,6-7,17H2;2*1H/t9-,11+;;/m1../s1. The van der Waals surface area contributed by atoms with Gasteiger partial charge in [0.1, 0.15) is 5.82 Å². The van der Waals surface area contributed by atoms with Crippen LogP contribution in [0, 0.1) is 11.8 Å². The Labute approximate surface area is 133 Å². The Bertz CT molecular complexity index is 480. The van der Waals surface area contributed by atoms with Crippen molar-refractivity contribution in [2.75, 3.05) is 18.0 Å². The molecule has 3 nitrogen and oxygen atoms in total. The first-order valence-electron chi connectivity index (χ1n) is 6.49. The molecule has 0 aromatic carbocycles. The Balaban J connectivity index is 0.00000110. The maximum absolute atomic E-state index is 13.0. The Morgan fingerprint density at radius 1 is 1.19 bits per heavy atom. The number of hydrogen-bond acceptors (Lipinski definition) is 3. The third-order valence-electron chi connectivity index (χ3n) is 4.03. The molecule has 0 bridgehead atoms. The number of pyridine rings is 1. The van der Waals surface area contributed by atoms with Gasteiger partial charge >= 0.3 is 6.18 Å². The van der Waals surface area contributed by atoms with Crippen molar-refractivity contribution in [3.63, 3.8) is 0 Å². The van der Waals surface area contributed by atoms with Crippen LogP contribution >= 0.6 is 24.8 Å². The van der Waals surface area contributed by atoms with Crippen LogP contribution in [0.25, 0.3) is 0 Å². The lowest BCUT2D eigenvalue weighted by Crippen LogP contribution is -2.31. The van der Waals surface area contributed by atoms with Gasteiger partial charge in [-0.25, -0.2) is 4.98 Å². The average Bonchev–Trinajstić information content (AvgIpc) is 3.12. The monoisotopic (exact) mass is 343 g/mol. The fourth-order valence-corrected chi connectivity index (χ4v) is 2.92. The minimum atomic E-state index is -4.37. The van der Waals surface area contributed by atoms with E-state index in [0.717, 1.165) is 18.9 Å². The zero-order valence-corrected chi connectivity index (χ0v) is 12.8. The highest BCUT2D eigenvalue weighted by Gasteiger charge is 2.43. The Morgan fingerprint density at radius 2 is 1.86 bits per heavy atom. The van der Waals surface area contributed by atoms with Crippen LogP contribution in [0.15, 0.2) is 18.3 Å². The smallest absolute Gasteiger partial charge is 0.354 e. The van der Waals surface area contributed by atoms with Crippen LogP contribution in [-0.4, -0.2) is 24.1 Å². The molecule has 1 aliphatic heterocycles. The second-order valence-electron chi connectivity index (χ2n) is 5.44. The van der Waals surface area contributed by atoms with Crippen molar-refractivity contribution in [3.8, 4) is 0 Å². The number of alkyl halides is 3. The Kier molecular flexibility index (Phi) is 5.75. The van der Waals surface area contributed by atoms with E-state index < -0.39 is 11.7 Å². The van der Waals surface area contributed by atoms with Crippen LogP contribution in [0.1, 0.15) is 18.4 Å². The second-order valence-corrected chi connectivity index (χ2v) is 5.44. The summed E-state index contributed by atoms with van der Waals surface area (Å²) in [5, 5.41) is 0. The third-order valence-corrected chi connectivity index (χ3v) is 4.03.